The third kappa shape index (κ3) is 20.1. The lowest BCUT2D eigenvalue weighted by Gasteiger charge is -2.38. The lowest BCUT2D eigenvalue weighted by molar-refractivity contribution is -0.865. The summed E-state index contributed by atoms with van der Waals surface area (Å²) in [5.74, 6) is 3.06. The van der Waals surface area contributed by atoms with Gasteiger partial charge in [0.25, 0.3) is 11.8 Å². The molecule has 3 aliphatic carbocycles. The van der Waals surface area contributed by atoms with Gasteiger partial charge in [0, 0.05) is 94.0 Å². The molecule has 3 atom stereocenters. The van der Waals surface area contributed by atoms with Crippen molar-refractivity contribution < 1.29 is 47.3 Å². The number of fused-ring (bicyclic) bond motifs is 3. The molecule has 684 valence electrons. The average molecular weight is 1810 g/mol. The first-order chi connectivity index (χ1) is 64.4. The van der Waals surface area contributed by atoms with Crippen LogP contribution in [0.3, 0.4) is 0 Å². The number of hydrogen-bond donors (Lipinski definition) is 4. The molecule has 0 spiro atoms. The number of nitrogens with one attached hydrogen (secondary N) is 1. The Hall–Kier alpha value is -16.0. The van der Waals surface area contributed by atoms with Crippen molar-refractivity contribution in [1.82, 2.24) is 57.3 Å². The van der Waals surface area contributed by atoms with Crippen LogP contribution in [0.4, 0.5) is 34.5 Å². The van der Waals surface area contributed by atoms with E-state index in [0.717, 1.165) is 60.8 Å². The summed E-state index contributed by atoms with van der Waals surface area (Å²) < 4.78 is 31.2. The molecule has 3 saturated carbocycles. The van der Waals surface area contributed by atoms with E-state index in [4.69, 9.17) is 36.1 Å². The van der Waals surface area contributed by atoms with E-state index in [-0.39, 0.29) is 86.9 Å². The van der Waals surface area contributed by atoms with Crippen molar-refractivity contribution in [2.45, 2.75) is 84.0 Å². The van der Waals surface area contributed by atoms with Gasteiger partial charge in [0.1, 0.15) is 65.1 Å². The molecule has 3 fully saturated rings. The van der Waals surface area contributed by atoms with Crippen LogP contribution in [0, 0.1) is 36.4 Å². The van der Waals surface area contributed by atoms with Crippen LogP contribution in [0.15, 0.2) is 282 Å². The summed E-state index contributed by atoms with van der Waals surface area (Å²) in [6.45, 7) is 6.67. The zero-order valence-electron chi connectivity index (χ0n) is 75.3. The minimum Gasteiger partial charge on any atom is -0.633 e. The Kier molecular flexibility index (Phi) is 26.3. The number of methoxy groups -OCH3 is 1. The lowest BCUT2D eigenvalue weighted by atomic mass is 10.2. The second-order valence-corrected chi connectivity index (χ2v) is 33.8. The van der Waals surface area contributed by atoms with Crippen LogP contribution in [0.1, 0.15) is 60.8 Å². The summed E-state index contributed by atoms with van der Waals surface area (Å²) in [6.07, 6.45) is 18.5. The van der Waals surface area contributed by atoms with Crippen LogP contribution in [0.5, 0.6) is 34.5 Å². The summed E-state index contributed by atoms with van der Waals surface area (Å²) in [5, 5.41) is 40.5. The molecule has 0 aliphatic heterocycles. The van der Waals surface area contributed by atoms with Crippen molar-refractivity contribution in [2.24, 2.45) is 0 Å². The number of amides is 3. The molecule has 134 heavy (non-hydrogen) atoms. The van der Waals surface area contributed by atoms with E-state index in [1.165, 1.54) is 81.5 Å². The van der Waals surface area contributed by atoms with Crippen molar-refractivity contribution in [1.29, 1.82) is 0 Å². The van der Waals surface area contributed by atoms with Crippen LogP contribution in [-0.2, 0) is 21.0 Å². The fraction of sp³-hybridized carbons (Fsp3) is 0.220. The number of likely N-dealkylation sites (N-methyl/N-ethyl adjacent to an activating group) is 5. The Morgan fingerprint density at radius 1 is 0.433 bits per heavy atom. The minimum atomic E-state index is -0.444. The number of aromatic nitrogens is 12. The normalized spacial score (nSPS) is 14.5. The number of nitrogen functional groups attached to an aromatic ring is 3. The first kappa shape index (κ1) is 91.3. The molecule has 0 radical (unpaired) electrons. The van der Waals surface area contributed by atoms with E-state index < -0.39 is 17.1 Å². The summed E-state index contributed by atoms with van der Waals surface area (Å²) in [6, 6.07) is 64.4. The highest BCUT2D eigenvalue weighted by Gasteiger charge is 2.37. The van der Waals surface area contributed by atoms with Crippen LogP contribution >= 0.6 is 0 Å². The molecule has 34 nitrogen and oxygen atoms in total. The Morgan fingerprint density at radius 2 is 0.836 bits per heavy atom. The molecule has 15 aromatic rings. The first-order valence-corrected chi connectivity index (χ1v) is 43.5. The summed E-state index contributed by atoms with van der Waals surface area (Å²) in [7, 11) is 9.71. The van der Waals surface area contributed by atoms with Crippen LogP contribution in [-0.4, -0.2) is 169 Å². The molecule has 6 aromatic heterocycles. The topological polar surface area (TPSA) is 412 Å². The molecule has 3 unspecified atom stereocenters. The number of nitrogens with two attached hydrogens (primary N) is 3. The molecule has 7 N–H and O–H groups in total. The molecular formula is C100H101N21O13. The van der Waals surface area contributed by atoms with E-state index in [1.54, 1.807) is 157 Å². The van der Waals surface area contributed by atoms with Crippen molar-refractivity contribution >= 4 is 85.7 Å². The van der Waals surface area contributed by atoms with E-state index in [2.05, 4.69) is 35.2 Å². The summed E-state index contributed by atoms with van der Waals surface area (Å²) in [5.41, 5.74) is 27.8. The Morgan fingerprint density at radius 3 is 1.26 bits per heavy atom. The number of anilines is 6. The Balaban J connectivity index is 0.000000146. The van der Waals surface area contributed by atoms with Gasteiger partial charge in [-0.3, -0.25) is 28.1 Å². The van der Waals surface area contributed by atoms with Crippen molar-refractivity contribution in [2.75, 3.05) is 94.3 Å². The van der Waals surface area contributed by atoms with Crippen molar-refractivity contribution in [3.8, 4) is 68.6 Å². The molecule has 18 rings (SSSR count). The molecule has 0 bridgehead atoms. The number of nitrogens with zero attached hydrogens (tertiary/aromatic N) is 17. The van der Waals surface area contributed by atoms with Gasteiger partial charge in [0.05, 0.1) is 100 Å². The number of hydrogen-bond acceptors (Lipinski definition) is 22. The van der Waals surface area contributed by atoms with Crippen LogP contribution < -0.4 is 68.3 Å². The number of quaternary nitrogens is 3. The number of imidazole rings is 3. The molecule has 9 aromatic carbocycles. The maximum Gasteiger partial charge on any atom is 0.339 e. The van der Waals surface area contributed by atoms with Gasteiger partial charge in [-0.15, -0.1) is 0 Å². The number of hydroxylamine groups is 9. The third-order valence-electron chi connectivity index (χ3n) is 23.7. The number of benzene rings is 9. The maximum atomic E-state index is 14.2. The zero-order chi connectivity index (χ0) is 94.4. The quantitative estimate of drug-likeness (QED) is 0.0192. The average Bonchev–Trinajstić information content (AvgIpc) is 1.59. The van der Waals surface area contributed by atoms with Gasteiger partial charge in [0.2, 0.25) is 5.91 Å². The molecule has 3 amide bonds. The largest absolute Gasteiger partial charge is 0.633 e. The fourth-order valence-electron chi connectivity index (χ4n) is 16.0. The summed E-state index contributed by atoms with van der Waals surface area (Å²) >= 11 is 0. The second kappa shape index (κ2) is 38.6. The monoisotopic (exact) mass is 1800 g/mol. The number of rotatable bonds is 29. The van der Waals surface area contributed by atoms with Crippen molar-refractivity contribution in [3.05, 3.63) is 337 Å². The number of carbonyl (C=O) groups is 3. The second-order valence-electron chi connectivity index (χ2n) is 33.8. The van der Waals surface area contributed by atoms with E-state index in [9.17, 15) is 44.4 Å². The van der Waals surface area contributed by atoms with Gasteiger partial charge in [-0.2, -0.15) is 0 Å². The Labute approximate surface area is 770 Å². The van der Waals surface area contributed by atoms with E-state index in [0.29, 0.717) is 126 Å². The highest BCUT2D eigenvalue weighted by Crippen LogP contribution is 2.38. The third-order valence-corrected chi connectivity index (χ3v) is 23.7. The predicted octanol–water partition coefficient (Wildman–Crippen LogP) is 14.4. The van der Waals surface area contributed by atoms with Crippen LogP contribution in [0.25, 0.3) is 67.6 Å². The van der Waals surface area contributed by atoms with Gasteiger partial charge in [-0.05, 0) is 189 Å². The standard InChI is InChI=1S/C34H35N7O5.2C33H33N7O4/c1-38(30(42)13-8-18-41(2,44)27-15-16-27)24-11-7-12-25(19-24)40-33-31(32(35)36-22-37-33)39(34(40)43)26-14-17-28(29(20-26)45-3)46-21-23-9-5-4-6-10-23;1-22-19-27(44-26-11-5-4-6-12-26)16-17-28(22)39-30-31(34)35-21-36-32(30)38(33(39)42)24-10-7-9-23(20-24)37(2)29(41)13-8-18-40(3,43)25-14-15-25;1-21-16-23(37-29(41)10-7-15-40(3,43)25-11-12-25)19-24(17-21)38-32-30(31(34)35-20-36-32)39(33(38)42)28-14-13-27(18-22(28)2)44-26-8-5-4-6-9-26/h4-14,17,19-20,22,27H,15-16,18,21H2,1-3H3,(H2,35,36,37);4-13,16-17,19-21,25H,14-15,18H2,1-3H3,(H2,34,35,36);4-10,13-14,16-20,25H,11-12,15H2,1-3H3,(H,37,41)(H2,34,35,36)/b2*13-8+;10-7+. The molecule has 0 saturated heterocycles. The van der Waals surface area contributed by atoms with Gasteiger partial charge in [-0.25, -0.2) is 58.0 Å². The smallest absolute Gasteiger partial charge is 0.339 e. The van der Waals surface area contributed by atoms with E-state index in [1.807, 2.05) is 130 Å². The van der Waals surface area contributed by atoms with Gasteiger partial charge in [-0.1, -0.05) is 78.9 Å². The Bertz CT molecular complexity index is 7230. The zero-order valence-corrected chi connectivity index (χ0v) is 75.3. The highest BCUT2D eigenvalue weighted by molar-refractivity contribution is 6.02. The molecular weight excluding hydrogens is 1700 g/mol. The van der Waals surface area contributed by atoms with Gasteiger partial charge in [0.15, 0.2) is 45.9 Å². The van der Waals surface area contributed by atoms with Gasteiger partial charge >= 0.3 is 17.1 Å². The predicted molar refractivity (Wildman–Crippen MR) is 516 cm³/mol. The number of carbonyl (C=O) groups excluding carboxylic acids is 3. The summed E-state index contributed by atoms with van der Waals surface area (Å²) in [4.78, 5) is 110. The lowest BCUT2D eigenvalue weighted by Crippen LogP contribution is -2.40. The minimum absolute atomic E-state index is 0.111. The molecule has 3 aliphatic rings. The van der Waals surface area contributed by atoms with Gasteiger partial charge < -0.3 is 80.8 Å². The fourth-order valence-corrected chi connectivity index (χ4v) is 16.0. The van der Waals surface area contributed by atoms with Crippen molar-refractivity contribution in [3.63, 3.8) is 0 Å². The molecule has 34 heteroatoms. The number of aryl methyl sites for hydroxylation is 3. The number of ether oxygens (including phenoxy) is 4. The van der Waals surface area contributed by atoms with Crippen LogP contribution in [0.2, 0.25) is 0 Å². The maximum absolute atomic E-state index is 14.2. The molecule has 6 heterocycles. The van der Waals surface area contributed by atoms with E-state index >= 15 is 0 Å². The highest BCUT2D eigenvalue weighted by atomic mass is 16.6. The first-order valence-electron chi connectivity index (χ1n) is 43.5. The number of para-hydroxylation sites is 2. The SMILES string of the molecule is COc1cc(-n2c(=O)n(-c3cccc(N(C)C(=O)/C=C/C[N+](C)([O-])C4CC4)c3)c3ncnc(N)c32)ccc1OCc1ccccc1.Cc1cc(NC(=O)/C=C/C[N+](C)([O-])C2CC2)cc(-n2c(=O)n(-c3ccc(Oc4ccccc4)cc3C)c3c(N)ncnc32)c1.Cc1cc(Oc2ccccc2)ccc1-n1c(=O)n(-c2cccc(N(C)C(=O)/C=C/C[N+](C)([O-])C3CC3)c2)c2ncnc(N)c21.